The number of hydrogen-bond acceptors (Lipinski definition) is 17. The fourth-order valence-electron chi connectivity index (χ4n) is 9.65. The summed E-state index contributed by atoms with van der Waals surface area (Å²) in [5.41, 5.74) is 0. The van der Waals surface area contributed by atoms with E-state index < -0.39 is 47.9 Å². The normalized spacial score (nSPS) is 35.5. The fourth-order valence-corrected chi connectivity index (χ4v) is 9.65. The van der Waals surface area contributed by atoms with Crippen LogP contribution in [0.2, 0.25) is 0 Å². The van der Waals surface area contributed by atoms with E-state index in [2.05, 4.69) is 32.9 Å². The average molecular weight is 855 g/mol. The van der Waals surface area contributed by atoms with Crippen LogP contribution in [0.15, 0.2) is 12.2 Å². The molecule has 17 heteroatoms. The van der Waals surface area contributed by atoms with Crippen LogP contribution >= 0.6 is 0 Å². The van der Waals surface area contributed by atoms with Crippen LogP contribution in [0.5, 0.6) is 0 Å². The van der Waals surface area contributed by atoms with E-state index >= 15 is 0 Å². The summed E-state index contributed by atoms with van der Waals surface area (Å²) in [7, 11) is 0. The van der Waals surface area contributed by atoms with Crippen molar-refractivity contribution in [1.29, 1.82) is 0 Å². The number of aliphatic hydroxyl groups is 2. The molecule has 0 bridgehead atoms. The van der Waals surface area contributed by atoms with Crippen molar-refractivity contribution in [2.45, 2.75) is 216 Å². The summed E-state index contributed by atoms with van der Waals surface area (Å²) in [6.07, 6.45) is 15.5. The van der Waals surface area contributed by atoms with Crippen LogP contribution in [-0.4, -0.2) is 132 Å². The van der Waals surface area contributed by atoms with Gasteiger partial charge in [0.1, 0.15) is 49.3 Å². The second kappa shape index (κ2) is 24.1. The quantitative estimate of drug-likeness (QED) is 0.234. The predicted molar refractivity (Wildman–Crippen MR) is 205 cm³/mol. The van der Waals surface area contributed by atoms with Gasteiger partial charge < -0.3 is 52.8 Å². The Labute approximate surface area is 352 Å². The lowest BCUT2D eigenvalue weighted by Crippen LogP contribution is -2.62. The average Bonchev–Trinajstić information content (AvgIpc) is 3.79. The smallest absolute Gasteiger partial charge is 0.373 e. The number of esters is 2. The molecule has 7 rings (SSSR count). The van der Waals surface area contributed by atoms with Crippen molar-refractivity contribution >= 4 is 24.2 Å². The SMILES string of the molecule is CC/C=C/C[C@@H]1O[C@@H]([C@@H](COC(C)=O)OC(C)=O)C2OC3(CCCCC3)O[C@H]2[C@H]1C.CC[C@H]1CC[C@@H]2O[C@@H]([C@H](O)CO)C3OC4(CCCCC4)O[C@H]3[C@H]2O1.O=C=O.O=C=O. The van der Waals surface area contributed by atoms with E-state index in [1.807, 2.05) is 0 Å². The van der Waals surface area contributed by atoms with Crippen molar-refractivity contribution in [1.82, 2.24) is 0 Å². The molecule has 0 aromatic carbocycles. The molecule has 7 aliphatic rings. The molecule has 0 aromatic heterocycles. The van der Waals surface area contributed by atoms with Gasteiger partial charge in [-0.2, -0.15) is 19.2 Å². The molecule has 2 saturated carbocycles. The highest BCUT2D eigenvalue weighted by Crippen LogP contribution is 2.49. The molecule has 60 heavy (non-hydrogen) atoms. The molecule has 2 unspecified atom stereocenters. The number of ether oxygens (including phenoxy) is 9. The van der Waals surface area contributed by atoms with Gasteiger partial charge in [-0.1, -0.05) is 45.8 Å². The third kappa shape index (κ3) is 12.8. The van der Waals surface area contributed by atoms with Gasteiger partial charge in [0.05, 0.1) is 31.0 Å². The Morgan fingerprint density at radius 1 is 0.733 bits per heavy atom. The molecule has 0 aromatic rings. The van der Waals surface area contributed by atoms with Gasteiger partial charge in [-0.05, 0) is 57.8 Å². The molecule has 340 valence electrons. The summed E-state index contributed by atoms with van der Waals surface area (Å²) >= 11 is 0. The Bertz CT molecular complexity index is 1420. The van der Waals surface area contributed by atoms with Gasteiger partial charge in [-0.3, -0.25) is 9.59 Å². The van der Waals surface area contributed by atoms with E-state index in [-0.39, 0.29) is 80.3 Å². The third-order valence-electron chi connectivity index (χ3n) is 12.4. The highest BCUT2D eigenvalue weighted by Gasteiger charge is 2.61. The van der Waals surface area contributed by atoms with Crippen LogP contribution in [0.4, 0.5) is 0 Å². The Balaban J connectivity index is 0.000000238. The van der Waals surface area contributed by atoms with Crippen molar-refractivity contribution in [2.75, 3.05) is 13.2 Å². The lowest BCUT2D eigenvalue weighted by Gasteiger charge is -2.47. The second-order valence-corrected chi connectivity index (χ2v) is 16.6. The first-order valence-corrected chi connectivity index (χ1v) is 21.7. The molecule has 13 atom stereocenters. The van der Waals surface area contributed by atoms with Gasteiger partial charge in [-0.25, -0.2) is 0 Å². The Kier molecular flexibility index (Phi) is 19.9. The molecule has 2 aliphatic carbocycles. The first-order chi connectivity index (χ1) is 28.8. The second-order valence-electron chi connectivity index (χ2n) is 16.6. The van der Waals surface area contributed by atoms with Crippen molar-refractivity contribution in [3.63, 3.8) is 0 Å². The Morgan fingerprint density at radius 3 is 1.80 bits per heavy atom. The molecule has 7 fully saturated rings. The van der Waals surface area contributed by atoms with Gasteiger partial charge >= 0.3 is 24.2 Å². The van der Waals surface area contributed by atoms with Gasteiger partial charge in [0.2, 0.25) is 0 Å². The summed E-state index contributed by atoms with van der Waals surface area (Å²) in [6, 6.07) is 0. The number of carbonyl (C=O) groups is 2. The molecule has 5 aliphatic heterocycles. The van der Waals surface area contributed by atoms with Crippen LogP contribution in [0.1, 0.15) is 131 Å². The zero-order valence-electron chi connectivity index (χ0n) is 35.7. The van der Waals surface area contributed by atoms with Gasteiger partial charge in [0.15, 0.2) is 17.7 Å². The number of rotatable bonds is 10. The van der Waals surface area contributed by atoms with E-state index in [0.717, 1.165) is 83.5 Å². The maximum atomic E-state index is 11.8. The number of fused-ring (bicyclic) bond motifs is 4. The lowest BCUT2D eigenvalue weighted by atomic mass is 9.85. The van der Waals surface area contributed by atoms with E-state index in [4.69, 9.17) is 61.8 Å². The van der Waals surface area contributed by atoms with Gasteiger partial charge in [0.25, 0.3) is 0 Å². The molecular formula is C43H66O17. The monoisotopic (exact) mass is 854 g/mol. The number of carbonyl (C=O) groups excluding carboxylic acids is 6. The Morgan fingerprint density at radius 2 is 1.28 bits per heavy atom. The zero-order valence-corrected chi connectivity index (χ0v) is 35.7. The van der Waals surface area contributed by atoms with Crippen molar-refractivity contribution in [2.24, 2.45) is 5.92 Å². The maximum Gasteiger partial charge on any atom is 0.373 e. The third-order valence-corrected chi connectivity index (χ3v) is 12.4. The highest BCUT2D eigenvalue weighted by atomic mass is 16.8. The zero-order chi connectivity index (χ0) is 43.9. The predicted octanol–water partition coefficient (Wildman–Crippen LogP) is 4.03. The number of hydrogen-bond donors (Lipinski definition) is 2. The minimum atomic E-state index is -0.954. The van der Waals surface area contributed by atoms with E-state index in [1.54, 1.807) is 0 Å². The molecule has 0 amide bonds. The minimum absolute atomic E-state index is 0.0644. The molecule has 0 radical (unpaired) electrons. The summed E-state index contributed by atoms with van der Waals surface area (Å²) in [5, 5.41) is 19.7. The molecule has 17 nitrogen and oxygen atoms in total. The van der Waals surface area contributed by atoms with Crippen molar-refractivity contribution in [3.8, 4) is 0 Å². The lowest BCUT2D eigenvalue weighted by molar-refractivity contribution is -0.255. The first-order valence-electron chi connectivity index (χ1n) is 21.7. The van der Waals surface area contributed by atoms with Crippen LogP contribution < -0.4 is 0 Å². The van der Waals surface area contributed by atoms with Crippen LogP contribution in [0.25, 0.3) is 0 Å². The van der Waals surface area contributed by atoms with Crippen molar-refractivity contribution in [3.05, 3.63) is 12.2 Å². The largest absolute Gasteiger partial charge is 0.462 e. The van der Waals surface area contributed by atoms with Crippen molar-refractivity contribution < 1.29 is 81.6 Å². The molecular weight excluding hydrogens is 788 g/mol. The summed E-state index contributed by atoms with van der Waals surface area (Å²) < 4.78 is 55.5. The van der Waals surface area contributed by atoms with Crippen LogP contribution in [0.3, 0.4) is 0 Å². The number of aliphatic hydroxyl groups excluding tert-OH is 2. The maximum absolute atomic E-state index is 11.8. The van der Waals surface area contributed by atoms with E-state index in [1.165, 1.54) is 26.7 Å². The minimum Gasteiger partial charge on any atom is -0.462 e. The van der Waals surface area contributed by atoms with Gasteiger partial charge in [-0.15, -0.1) is 0 Å². The van der Waals surface area contributed by atoms with Gasteiger partial charge in [0, 0.05) is 45.4 Å². The molecule has 2 spiro atoms. The van der Waals surface area contributed by atoms with Crippen LogP contribution in [0, 0.1) is 5.92 Å². The summed E-state index contributed by atoms with van der Waals surface area (Å²) in [4.78, 5) is 55.7. The first kappa shape index (κ1) is 49.7. The summed E-state index contributed by atoms with van der Waals surface area (Å²) in [5.74, 6) is -1.88. The number of allylic oxidation sites excluding steroid dienone is 1. The standard InChI is InChI=1S/C23H36O7.C18H30O6.2CO2/c1-5-6-8-11-18-15(2)20-22(30-23(29-20)12-9-7-10-13-23)21(28-18)19(27-17(4)25)14-26-16(3)24;1-2-11-6-7-13-15(21-11)17-16(14(22-13)12(20)10-19)23-18(24-17)8-4-3-5-9-18;2*2-1-3/h6,8,15,18-22H,5,7,9-14H2,1-4H3;11-17,19-20H,2-10H2,1H3;;/b8-6+;;;/t15-,18-,19+,20-,21-,22?;11-,12+,13-,14-,15-,16?,17-;;/m00../s1. The highest BCUT2D eigenvalue weighted by molar-refractivity contribution is 5.67. The topological polar surface area (TPSA) is 226 Å². The molecule has 2 N–H and O–H groups in total. The fraction of sp³-hybridized carbons (Fsp3) is 0.860. The van der Waals surface area contributed by atoms with E-state index in [9.17, 15) is 19.8 Å². The molecule has 5 heterocycles. The summed E-state index contributed by atoms with van der Waals surface area (Å²) in [6.45, 7) is 8.65. The van der Waals surface area contributed by atoms with Crippen LogP contribution in [-0.2, 0) is 71.4 Å². The molecule has 5 saturated heterocycles. The van der Waals surface area contributed by atoms with E-state index in [0.29, 0.717) is 0 Å². The Hall–Kier alpha value is -2.92.